The first kappa shape index (κ1) is 108. The topological polar surface area (TPSA) is 298 Å². The van der Waals surface area contributed by atoms with Gasteiger partial charge in [-0.3, -0.25) is 31.8 Å². The molecule has 4 aromatic rings. The normalized spacial score (nSPS) is 11.5. The number of alkyl halides is 9. The number of nitriles is 1. The van der Waals surface area contributed by atoms with Crippen molar-refractivity contribution in [2.24, 2.45) is 5.73 Å². The van der Waals surface area contributed by atoms with E-state index in [-0.39, 0.29) is 142 Å². The first-order valence-electron chi connectivity index (χ1n) is 30.9. The van der Waals surface area contributed by atoms with Gasteiger partial charge in [0.05, 0.1) is 38.5 Å². The summed E-state index contributed by atoms with van der Waals surface area (Å²) in [5.74, 6) is 8.88. The molecule has 0 aliphatic carbocycles. The van der Waals surface area contributed by atoms with Crippen molar-refractivity contribution in [2.45, 2.75) is 180 Å². The number of rotatable bonds is 28. The number of nitrogens with one attached hydrogen (secondary N) is 3. The van der Waals surface area contributed by atoms with E-state index < -0.39 is 85.5 Å². The fraction of sp³-hybridized carbons (Fsp3) is 0.485. The van der Waals surface area contributed by atoms with Crippen molar-refractivity contribution in [1.29, 1.82) is 5.26 Å². The standard InChI is InChI=1S/C19H24F3NO3S.C17H25NO2S.C10H9BrF3NO2S.C10H9BrF3NOS.C9H16O.C2H3N.CH2O3.2K.H/c1-3-9-18(25,10-4-2)11-8-15-6-5-7-16(14-15)27(26)13-12-23-17(24)19(20,21)22;1-3-9-17(19,10-4-2)11-8-15-6-5-7-16(14-15)21(20)13-12-18;11-7-2-1-3-8(6-7)18(17)5-4-15-9(16)10(12,13)14;11-7-2-1-3-8(6-7)17-5-4-15-9(16)10(12,13)14;1-4-7-9(10,6-3)8-5-2;1-2-3;2-1-4-3;;;/h5-7,14,25H,3-4,9-10,12-13H2,1-2H3,(H,23,24);5-7,14,19H,3-4,9-10,12-13,18H2,1-2H3;1-3,6H,4-5H2,(H,15,16);1-3,6H,4-5H2,(H,15,16);3,10H,4-5,7-8H2,1-2H3;1H3;1,3H;;;/q;;;;;;;2*+1;-1/p-1. The molecule has 0 aromatic heterocycles. The quantitative estimate of drug-likeness (QED) is 0.00495. The third-order valence-electron chi connectivity index (χ3n) is 12.1. The molecule has 0 radical (unpaired) electrons. The molecule has 0 aliphatic heterocycles. The number of terminal acetylenes is 1. The van der Waals surface area contributed by atoms with E-state index in [0.29, 0.717) is 59.1 Å². The van der Waals surface area contributed by atoms with E-state index in [1.807, 2.05) is 95.4 Å². The molecule has 17 nitrogen and oxygen atoms in total. The van der Waals surface area contributed by atoms with Crippen LogP contribution in [0.2, 0.25) is 0 Å². The molecule has 0 bridgehead atoms. The molecular formula is C68H88Br2F9K2N5O12S4. The largest absolute Gasteiger partial charge is 1.00 e. The van der Waals surface area contributed by atoms with Crippen LogP contribution >= 0.6 is 43.6 Å². The summed E-state index contributed by atoms with van der Waals surface area (Å²) in [5.41, 5.74) is 3.96. The van der Waals surface area contributed by atoms with Crippen molar-refractivity contribution in [3.8, 4) is 42.1 Å². The zero-order chi connectivity index (χ0) is 77.0. The molecule has 102 heavy (non-hydrogen) atoms. The summed E-state index contributed by atoms with van der Waals surface area (Å²) >= 11 is 7.86. The summed E-state index contributed by atoms with van der Waals surface area (Å²) in [6.45, 7) is 13.0. The number of benzene rings is 4. The molecular weight excluding hydrogens is 1620 g/mol. The number of thioether (sulfide) groups is 1. The van der Waals surface area contributed by atoms with Gasteiger partial charge in [-0.15, -0.1) is 18.2 Å². The second-order valence-corrected chi connectivity index (χ2v) is 28.4. The van der Waals surface area contributed by atoms with Gasteiger partial charge in [-0.1, -0.05) is 166 Å². The maximum Gasteiger partial charge on any atom is 1.00 e. The van der Waals surface area contributed by atoms with Gasteiger partial charge in [-0.05, 0) is 111 Å². The van der Waals surface area contributed by atoms with Crippen LogP contribution in [0.1, 0.15) is 138 Å². The van der Waals surface area contributed by atoms with Crippen LogP contribution in [0.25, 0.3) is 0 Å². The first-order chi connectivity index (χ1) is 46.9. The van der Waals surface area contributed by atoms with E-state index in [4.69, 9.17) is 27.5 Å². The molecule has 4 aromatic carbocycles. The number of halogens is 11. The average molecular weight is 1700 g/mol. The zero-order valence-electron chi connectivity index (χ0n) is 59.4. The van der Waals surface area contributed by atoms with E-state index >= 15 is 0 Å². The average Bonchev–Trinajstić information content (AvgIpc) is 0.870. The maximum absolute atomic E-state index is 12.2. The molecule has 3 atom stereocenters. The number of hydrogen-bond donors (Lipinski definition) is 7. The van der Waals surface area contributed by atoms with Crippen LogP contribution in [0.5, 0.6) is 0 Å². The third-order valence-corrected chi connectivity index (χ3v) is 18.2. The number of nitrogens with two attached hydrogens (primary N) is 1. The molecule has 4 rings (SSSR count). The number of nitrogens with zero attached hydrogens (tertiary/aromatic N) is 1. The van der Waals surface area contributed by atoms with Gasteiger partial charge in [0.15, 0.2) is 0 Å². The van der Waals surface area contributed by atoms with Crippen molar-refractivity contribution < 1.29 is 201 Å². The van der Waals surface area contributed by atoms with Crippen LogP contribution in [-0.4, -0.2) is 137 Å². The maximum atomic E-state index is 12.2. The minimum Gasteiger partial charge on any atom is -1.00 e. The van der Waals surface area contributed by atoms with Crippen molar-refractivity contribution in [1.82, 2.24) is 16.0 Å². The molecule has 3 amide bonds. The number of carbonyl (C=O) groups excluding carboxylic acids is 4. The predicted molar refractivity (Wildman–Crippen MR) is 378 cm³/mol. The SMILES string of the molecule is C#CC(O)(CCC)CCC.CC#N.CCCC(O)(C#Cc1cccc(S(=O)CCN)c1)CCC.CCCC(O)(C#Cc1cccc(S(=O)CCNC(=O)C(F)(F)F)c1)CCC.O=C(NCCS(=O)c1cccc(Br)c1)C(F)(F)F.O=C(NCCSc1cccc(Br)c1)C(F)(F)F.O=CO[O-].[H-].[K+].[K+]. The van der Waals surface area contributed by atoms with Gasteiger partial charge in [-0.2, -0.15) is 44.8 Å². The van der Waals surface area contributed by atoms with Gasteiger partial charge < -0.3 is 48.6 Å². The molecule has 560 valence electrons. The summed E-state index contributed by atoms with van der Waals surface area (Å²) in [7, 11) is -4.11. The predicted octanol–water partition coefficient (Wildman–Crippen LogP) is 6.08. The smallest absolute Gasteiger partial charge is 1.00 e. The molecule has 0 aliphatic rings. The molecule has 0 saturated heterocycles. The molecule has 0 spiro atoms. The van der Waals surface area contributed by atoms with E-state index in [2.05, 4.69) is 66.3 Å². The summed E-state index contributed by atoms with van der Waals surface area (Å²) in [6, 6.07) is 29.6. The van der Waals surface area contributed by atoms with Gasteiger partial charge in [0.25, 0.3) is 6.47 Å². The van der Waals surface area contributed by atoms with Crippen LogP contribution in [0.4, 0.5) is 39.5 Å². The Morgan fingerprint density at radius 2 is 0.882 bits per heavy atom. The minimum atomic E-state index is -4.95. The molecule has 0 heterocycles. The Hall–Kier alpha value is -2.87. The van der Waals surface area contributed by atoms with Crippen LogP contribution in [0, 0.1) is 47.4 Å². The van der Waals surface area contributed by atoms with E-state index in [9.17, 15) is 81.8 Å². The minimum absolute atomic E-state index is 0. The fourth-order valence-electron chi connectivity index (χ4n) is 7.83. The van der Waals surface area contributed by atoms with Crippen molar-refractivity contribution in [3.05, 3.63) is 117 Å². The van der Waals surface area contributed by atoms with Gasteiger partial charge >= 0.3 is 139 Å². The van der Waals surface area contributed by atoms with E-state index in [0.717, 1.165) is 75.7 Å². The number of carbonyl (C=O) groups is 4. The van der Waals surface area contributed by atoms with E-state index in [1.54, 1.807) is 65.2 Å². The van der Waals surface area contributed by atoms with E-state index in [1.165, 1.54) is 18.7 Å². The monoisotopic (exact) mass is 1700 g/mol. The van der Waals surface area contributed by atoms with Gasteiger partial charge in [-0.25, -0.2) is 0 Å². The number of aliphatic hydroxyl groups is 3. The number of hydrogen-bond acceptors (Lipinski definition) is 15. The number of amides is 3. The van der Waals surface area contributed by atoms with Crippen molar-refractivity contribution in [2.75, 3.05) is 49.2 Å². The Bertz CT molecular complexity index is 3360. The summed E-state index contributed by atoms with van der Waals surface area (Å²) < 4.78 is 145. The van der Waals surface area contributed by atoms with Crippen LogP contribution in [0.3, 0.4) is 0 Å². The summed E-state index contributed by atoms with van der Waals surface area (Å²) in [5, 5.41) is 51.5. The van der Waals surface area contributed by atoms with Gasteiger partial charge in [0, 0.05) is 95.8 Å². The Labute approximate surface area is 708 Å². The Balaban J connectivity index is -0.000000283. The van der Waals surface area contributed by atoms with Crippen LogP contribution < -0.4 is 130 Å². The first-order valence-corrected chi connectivity index (χ1v) is 37.4. The van der Waals surface area contributed by atoms with Crippen LogP contribution in [-0.2, 0) is 56.5 Å². The Kier molecular flexibility index (Phi) is 64.5. The Morgan fingerprint density at radius 3 is 1.19 bits per heavy atom. The molecule has 3 unspecified atom stereocenters. The summed E-state index contributed by atoms with van der Waals surface area (Å²) in [4.78, 5) is 45.5. The third kappa shape index (κ3) is 53.8. The molecule has 0 fully saturated rings. The Morgan fingerprint density at radius 1 is 0.578 bits per heavy atom. The van der Waals surface area contributed by atoms with Crippen LogP contribution in [0.15, 0.2) is 126 Å². The van der Waals surface area contributed by atoms with Crippen molar-refractivity contribution in [3.63, 3.8) is 0 Å². The molecule has 8 N–H and O–H groups in total. The molecule has 34 heteroatoms. The second kappa shape index (κ2) is 61.1. The van der Waals surface area contributed by atoms with Gasteiger partial charge in [0.2, 0.25) is 0 Å². The zero-order valence-corrected chi connectivity index (χ0v) is 71.0. The molecule has 0 saturated carbocycles. The van der Waals surface area contributed by atoms with Crippen molar-refractivity contribution >= 4 is 100 Å². The summed E-state index contributed by atoms with van der Waals surface area (Å²) in [6.07, 6.45) is -0.331. The fourth-order valence-corrected chi connectivity index (χ4v) is 12.7. The van der Waals surface area contributed by atoms with Gasteiger partial charge in [0.1, 0.15) is 16.8 Å². The second-order valence-electron chi connectivity index (χ2n) is 20.7.